The minimum Gasteiger partial charge on any atom is -0.493 e. The molecule has 0 spiro atoms. The molecule has 0 radical (unpaired) electrons. The Hall–Kier alpha value is -1.35. The number of hydrazone groups is 1. The van der Waals surface area contributed by atoms with Crippen LogP contribution in [0.25, 0.3) is 0 Å². The Bertz CT molecular complexity index is 671. The van der Waals surface area contributed by atoms with Crippen LogP contribution < -0.4 is 14.9 Å². The Morgan fingerprint density at radius 1 is 1.41 bits per heavy atom. The lowest BCUT2D eigenvalue weighted by atomic mass is 10.2. The molecular weight excluding hydrogens is 413 g/mol. The highest BCUT2D eigenvalue weighted by Gasteiger charge is 2.12. The molecule has 0 fully saturated rings. The van der Waals surface area contributed by atoms with Crippen LogP contribution in [-0.4, -0.2) is 24.4 Å². The van der Waals surface area contributed by atoms with Crippen molar-refractivity contribution in [3.63, 3.8) is 0 Å². The number of halogens is 1. The number of hydrogen-bond acceptors (Lipinski definition) is 6. The summed E-state index contributed by atoms with van der Waals surface area (Å²) in [6.07, 6.45) is 1.83. The van der Waals surface area contributed by atoms with E-state index >= 15 is 0 Å². The Balaban J connectivity index is 2.16. The van der Waals surface area contributed by atoms with Crippen molar-refractivity contribution in [1.29, 1.82) is 0 Å². The van der Waals surface area contributed by atoms with E-state index < -0.39 is 0 Å². The number of rotatable bonds is 6. The van der Waals surface area contributed by atoms with E-state index in [1.807, 2.05) is 38.3 Å². The summed E-state index contributed by atoms with van der Waals surface area (Å²) < 4.78 is 12.2. The normalized spacial score (nSPS) is 11.2. The van der Waals surface area contributed by atoms with Gasteiger partial charge in [-0.3, -0.25) is 5.43 Å². The zero-order valence-corrected chi connectivity index (χ0v) is 15.9. The van der Waals surface area contributed by atoms with Crippen LogP contribution in [0.5, 0.6) is 11.5 Å². The number of thiazole rings is 1. The number of anilines is 1. The van der Waals surface area contributed by atoms with E-state index in [0.717, 1.165) is 25.7 Å². The summed E-state index contributed by atoms with van der Waals surface area (Å²) in [6.45, 7) is 5.93. The van der Waals surface area contributed by atoms with Crippen LogP contribution in [0.4, 0.5) is 5.13 Å². The fraction of sp³-hybridized carbons (Fsp3) is 0.333. The molecular formula is C15H18IN3O2S. The third-order valence-corrected chi connectivity index (χ3v) is 4.26. The van der Waals surface area contributed by atoms with Gasteiger partial charge in [-0.25, -0.2) is 4.98 Å². The Kier molecular flexibility index (Phi) is 6.01. The van der Waals surface area contributed by atoms with Crippen molar-refractivity contribution in [3.8, 4) is 11.5 Å². The SMILES string of the molecule is COc1cc(C=NNc2nc(C)cs2)cc(I)c1OC(C)C. The van der Waals surface area contributed by atoms with E-state index in [-0.39, 0.29) is 6.10 Å². The van der Waals surface area contributed by atoms with Gasteiger partial charge in [-0.15, -0.1) is 11.3 Å². The molecule has 0 amide bonds. The lowest BCUT2D eigenvalue weighted by Gasteiger charge is -2.15. The molecule has 7 heteroatoms. The molecule has 1 N–H and O–H groups in total. The molecule has 22 heavy (non-hydrogen) atoms. The minimum atomic E-state index is 0.0942. The number of nitrogens with zero attached hydrogens (tertiary/aromatic N) is 2. The summed E-state index contributed by atoms with van der Waals surface area (Å²) in [5.41, 5.74) is 4.83. The number of nitrogens with one attached hydrogen (secondary N) is 1. The molecule has 0 saturated carbocycles. The maximum Gasteiger partial charge on any atom is 0.203 e. The topological polar surface area (TPSA) is 55.7 Å². The number of aryl methyl sites for hydroxylation is 1. The molecule has 0 aliphatic carbocycles. The lowest BCUT2D eigenvalue weighted by Crippen LogP contribution is -2.08. The van der Waals surface area contributed by atoms with E-state index in [1.165, 1.54) is 11.3 Å². The summed E-state index contributed by atoms with van der Waals surface area (Å²) in [7, 11) is 1.64. The molecule has 118 valence electrons. The van der Waals surface area contributed by atoms with Crippen molar-refractivity contribution < 1.29 is 9.47 Å². The third-order valence-electron chi connectivity index (χ3n) is 2.60. The molecule has 0 bridgehead atoms. The zero-order chi connectivity index (χ0) is 16.1. The second-order valence-electron chi connectivity index (χ2n) is 4.86. The average molecular weight is 431 g/mol. The van der Waals surface area contributed by atoms with Crippen LogP contribution in [0.15, 0.2) is 22.6 Å². The van der Waals surface area contributed by atoms with Crippen LogP contribution in [0, 0.1) is 10.5 Å². The van der Waals surface area contributed by atoms with Crippen LogP contribution in [0.2, 0.25) is 0 Å². The summed E-state index contributed by atoms with van der Waals surface area (Å²) in [5.74, 6) is 1.46. The standard InChI is InChI=1S/C15H18IN3O2S/c1-9(2)21-14-12(16)5-11(6-13(14)20-4)7-17-19-15-18-10(3)8-22-15/h5-9H,1-4H3,(H,18,19). The van der Waals surface area contributed by atoms with E-state index in [1.54, 1.807) is 13.3 Å². The number of aromatic nitrogens is 1. The third kappa shape index (κ3) is 4.57. The predicted molar refractivity (Wildman–Crippen MR) is 99.5 cm³/mol. The largest absolute Gasteiger partial charge is 0.493 e. The van der Waals surface area contributed by atoms with E-state index in [2.05, 4.69) is 38.1 Å². The second kappa shape index (κ2) is 7.77. The van der Waals surface area contributed by atoms with Crippen LogP contribution in [0.3, 0.4) is 0 Å². The minimum absolute atomic E-state index is 0.0942. The quantitative estimate of drug-likeness (QED) is 0.421. The summed E-state index contributed by atoms with van der Waals surface area (Å²) in [6, 6.07) is 3.90. The first-order chi connectivity index (χ1) is 10.5. The first-order valence-electron chi connectivity index (χ1n) is 6.75. The van der Waals surface area contributed by atoms with Gasteiger partial charge < -0.3 is 9.47 Å². The van der Waals surface area contributed by atoms with Gasteiger partial charge in [0.2, 0.25) is 5.13 Å². The maximum atomic E-state index is 5.80. The molecule has 2 aromatic rings. The van der Waals surface area contributed by atoms with Crippen LogP contribution in [0.1, 0.15) is 25.1 Å². The smallest absolute Gasteiger partial charge is 0.203 e. The van der Waals surface area contributed by atoms with Gasteiger partial charge in [-0.2, -0.15) is 5.10 Å². The van der Waals surface area contributed by atoms with Crippen molar-refractivity contribution in [2.24, 2.45) is 5.10 Å². The van der Waals surface area contributed by atoms with Gasteiger partial charge in [-0.1, -0.05) is 0 Å². The fourth-order valence-electron chi connectivity index (χ4n) is 1.73. The first kappa shape index (κ1) is 17.0. The van der Waals surface area contributed by atoms with Gasteiger partial charge in [0, 0.05) is 5.38 Å². The summed E-state index contributed by atoms with van der Waals surface area (Å²) in [5, 5.41) is 6.95. The number of hydrogen-bond donors (Lipinski definition) is 1. The molecule has 0 saturated heterocycles. The molecule has 2 rings (SSSR count). The maximum absolute atomic E-state index is 5.80. The van der Waals surface area contributed by atoms with Crippen molar-refractivity contribution in [2.45, 2.75) is 26.9 Å². The highest BCUT2D eigenvalue weighted by Crippen LogP contribution is 2.34. The number of ether oxygens (including phenoxy) is 2. The van der Waals surface area contributed by atoms with Crippen LogP contribution >= 0.6 is 33.9 Å². The Labute approximate surface area is 147 Å². The van der Waals surface area contributed by atoms with Gasteiger partial charge in [-0.05, 0) is 61.1 Å². The Morgan fingerprint density at radius 2 is 2.18 bits per heavy atom. The Morgan fingerprint density at radius 3 is 2.77 bits per heavy atom. The average Bonchev–Trinajstić information content (AvgIpc) is 2.86. The van der Waals surface area contributed by atoms with Gasteiger partial charge >= 0.3 is 0 Å². The molecule has 1 heterocycles. The van der Waals surface area contributed by atoms with Crippen LogP contribution in [-0.2, 0) is 0 Å². The van der Waals surface area contributed by atoms with Gasteiger partial charge in [0.05, 0.1) is 28.7 Å². The van der Waals surface area contributed by atoms with E-state index in [9.17, 15) is 0 Å². The van der Waals surface area contributed by atoms with Crippen molar-refractivity contribution in [2.75, 3.05) is 12.5 Å². The summed E-state index contributed by atoms with van der Waals surface area (Å²) >= 11 is 3.76. The van der Waals surface area contributed by atoms with Gasteiger partial charge in [0.15, 0.2) is 11.5 Å². The van der Waals surface area contributed by atoms with E-state index in [4.69, 9.17) is 9.47 Å². The number of methoxy groups -OCH3 is 1. The molecule has 5 nitrogen and oxygen atoms in total. The molecule has 0 aliphatic rings. The highest BCUT2D eigenvalue weighted by molar-refractivity contribution is 14.1. The van der Waals surface area contributed by atoms with Crippen molar-refractivity contribution >= 4 is 45.3 Å². The highest BCUT2D eigenvalue weighted by atomic mass is 127. The van der Waals surface area contributed by atoms with Gasteiger partial charge in [0.25, 0.3) is 0 Å². The van der Waals surface area contributed by atoms with E-state index in [0.29, 0.717) is 5.75 Å². The molecule has 1 aromatic carbocycles. The first-order valence-corrected chi connectivity index (χ1v) is 8.71. The number of benzene rings is 1. The van der Waals surface area contributed by atoms with Crippen molar-refractivity contribution in [3.05, 3.63) is 32.3 Å². The monoisotopic (exact) mass is 431 g/mol. The molecule has 0 atom stereocenters. The molecule has 1 aromatic heterocycles. The predicted octanol–water partition coefficient (Wildman–Crippen LogP) is 4.30. The summed E-state index contributed by atoms with van der Waals surface area (Å²) in [4.78, 5) is 4.29. The fourth-order valence-corrected chi connectivity index (χ4v) is 3.12. The van der Waals surface area contributed by atoms with Gasteiger partial charge in [0.1, 0.15) is 0 Å². The lowest BCUT2D eigenvalue weighted by molar-refractivity contribution is 0.228. The van der Waals surface area contributed by atoms with Crippen molar-refractivity contribution in [1.82, 2.24) is 4.98 Å². The molecule has 0 unspecified atom stereocenters. The second-order valence-corrected chi connectivity index (χ2v) is 6.89. The zero-order valence-electron chi connectivity index (χ0n) is 12.9. The molecule has 0 aliphatic heterocycles.